The van der Waals surface area contributed by atoms with Crippen molar-refractivity contribution in [3.63, 3.8) is 0 Å². The van der Waals surface area contributed by atoms with E-state index in [4.69, 9.17) is 0 Å². The van der Waals surface area contributed by atoms with Gasteiger partial charge in [0, 0.05) is 12.2 Å². The van der Waals surface area contributed by atoms with Gasteiger partial charge < -0.3 is 5.32 Å². The van der Waals surface area contributed by atoms with Gasteiger partial charge in [-0.2, -0.15) is 4.98 Å². The van der Waals surface area contributed by atoms with E-state index in [-0.39, 0.29) is 0 Å². The molecule has 0 radical (unpaired) electrons. The molecule has 1 aliphatic rings. The van der Waals surface area contributed by atoms with Gasteiger partial charge in [-0.3, -0.25) is 0 Å². The second-order valence-corrected chi connectivity index (χ2v) is 4.18. The van der Waals surface area contributed by atoms with Gasteiger partial charge in [0.15, 0.2) is 5.65 Å². The van der Waals surface area contributed by atoms with Gasteiger partial charge >= 0.3 is 0 Å². The average Bonchev–Trinajstić information content (AvgIpc) is 2.88. The number of nitrogens with zero attached hydrogens (tertiary/aromatic N) is 3. The van der Waals surface area contributed by atoms with Crippen LogP contribution in [0.1, 0.15) is 18.4 Å². The highest BCUT2D eigenvalue weighted by Crippen LogP contribution is 2.16. The van der Waals surface area contributed by atoms with Gasteiger partial charge in [0.25, 0.3) is 0 Å². The Bertz CT molecular complexity index is 533. The molecule has 2 aromatic rings. The number of hydrogen-bond acceptors (Lipinski definition) is 3. The second kappa shape index (κ2) is 3.63. The van der Waals surface area contributed by atoms with Crippen molar-refractivity contribution in [2.45, 2.75) is 25.8 Å². The van der Waals surface area contributed by atoms with Crippen molar-refractivity contribution in [1.82, 2.24) is 14.6 Å². The SMILES string of the molecule is Cc1cccn2nc(NC3CC=CC3)nc12. The zero-order valence-electron chi connectivity index (χ0n) is 9.22. The molecule has 0 unspecified atom stereocenters. The molecule has 16 heavy (non-hydrogen) atoms. The summed E-state index contributed by atoms with van der Waals surface area (Å²) in [7, 11) is 0. The summed E-state index contributed by atoms with van der Waals surface area (Å²) in [5, 5.41) is 7.76. The predicted molar refractivity (Wildman–Crippen MR) is 63.5 cm³/mol. The van der Waals surface area contributed by atoms with Crippen LogP contribution in [0.3, 0.4) is 0 Å². The standard InChI is InChI=1S/C12H14N4/c1-9-5-4-8-16-11(9)14-12(15-16)13-10-6-2-3-7-10/h2-5,8,10H,6-7H2,1H3,(H,13,15). The topological polar surface area (TPSA) is 42.2 Å². The molecule has 0 atom stereocenters. The van der Waals surface area contributed by atoms with Crippen molar-refractivity contribution in [3.8, 4) is 0 Å². The molecule has 0 spiro atoms. The summed E-state index contributed by atoms with van der Waals surface area (Å²) in [5.41, 5.74) is 2.07. The van der Waals surface area contributed by atoms with Gasteiger partial charge in [0.1, 0.15) is 0 Å². The molecule has 0 amide bonds. The van der Waals surface area contributed by atoms with Gasteiger partial charge in [-0.1, -0.05) is 18.2 Å². The summed E-state index contributed by atoms with van der Waals surface area (Å²) >= 11 is 0. The number of aromatic nitrogens is 3. The van der Waals surface area contributed by atoms with E-state index in [1.807, 2.05) is 29.8 Å². The molecule has 1 aliphatic carbocycles. The van der Waals surface area contributed by atoms with Gasteiger partial charge in [-0.05, 0) is 31.4 Å². The predicted octanol–water partition coefficient (Wildman–Crippen LogP) is 2.17. The number of rotatable bonds is 2. The Kier molecular flexibility index (Phi) is 2.13. The summed E-state index contributed by atoms with van der Waals surface area (Å²) < 4.78 is 1.82. The van der Waals surface area contributed by atoms with Crippen LogP contribution in [-0.4, -0.2) is 20.6 Å². The largest absolute Gasteiger partial charge is 0.350 e. The van der Waals surface area contributed by atoms with Crippen LogP contribution in [-0.2, 0) is 0 Å². The number of aryl methyl sites for hydroxylation is 1. The third-order valence-electron chi connectivity index (χ3n) is 2.90. The van der Waals surface area contributed by atoms with E-state index >= 15 is 0 Å². The second-order valence-electron chi connectivity index (χ2n) is 4.18. The molecule has 4 nitrogen and oxygen atoms in total. The average molecular weight is 214 g/mol. The molecular formula is C12H14N4. The molecule has 0 saturated carbocycles. The fourth-order valence-electron chi connectivity index (χ4n) is 2.02. The van der Waals surface area contributed by atoms with E-state index in [0.29, 0.717) is 6.04 Å². The van der Waals surface area contributed by atoms with Crippen molar-refractivity contribution in [3.05, 3.63) is 36.0 Å². The highest BCUT2D eigenvalue weighted by Gasteiger charge is 2.12. The van der Waals surface area contributed by atoms with E-state index in [1.54, 1.807) is 0 Å². The van der Waals surface area contributed by atoms with Crippen LogP contribution in [0, 0.1) is 6.92 Å². The third-order valence-corrected chi connectivity index (χ3v) is 2.90. The van der Waals surface area contributed by atoms with Gasteiger partial charge in [0.05, 0.1) is 0 Å². The number of fused-ring (bicyclic) bond motifs is 1. The normalized spacial score (nSPS) is 16.1. The lowest BCUT2D eigenvalue weighted by molar-refractivity contribution is 0.771. The summed E-state index contributed by atoms with van der Waals surface area (Å²) in [6, 6.07) is 4.49. The van der Waals surface area contributed by atoms with Crippen molar-refractivity contribution in [1.29, 1.82) is 0 Å². The van der Waals surface area contributed by atoms with E-state index < -0.39 is 0 Å². The summed E-state index contributed by atoms with van der Waals surface area (Å²) in [6.07, 6.45) is 8.44. The lowest BCUT2D eigenvalue weighted by Crippen LogP contribution is -2.15. The van der Waals surface area contributed by atoms with Crippen molar-refractivity contribution < 1.29 is 0 Å². The van der Waals surface area contributed by atoms with Crippen LogP contribution >= 0.6 is 0 Å². The van der Waals surface area contributed by atoms with Crippen LogP contribution in [0.2, 0.25) is 0 Å². The lowest BCUT2D eigenvalue weighted by Gasteiger charge is -2.08. The summed E-state index contributed by atoms with van der Waals surface area (Å²) in [6.45, 7) is 2.05. The highest BCUT2D eigenvalue weighted by atomic mass is 15.3. The molecule has 0 aromatic carbocycles. The quantitative estimate of drug-likeness (QED) is 0.779. The van der Waals surface area contributed by atoms with Crippen molar-refractivity contribution >= 4 is 11.6 Å². The van der Waals surface area contributed by atoms with Crippen LogP contribution < -0.4 is 5.32 Å². The Balaban J connectivity index is 1.90. The Morgan fingerprint density at radius 1 is 1.38 bits per heavy atom. The minimum absolute atomic E-state index is 0.456. The Labute approximate surface area is 94.0 Å². The van der Waals surface area contributed by atoms with Crippen LogP contribution in [0.5, 0.6) is 0 Å². The molecule has 4 heteroatoms. The number of pyridine rings is 1. The molecule has 82 valence electrons. The van der Waals surface area contributed by atoms with E-state index in [1.165, 1.54) is 0 Å². The van der Waals surface area contributed by atoms with Gasteiger partial charge in [-0.25, -0.2) is 4.52 Å². The molecular weight excluding hydrogens is 200 g/mol. The van der Waals surface area contributed by atoms with Crippen LogP contribution in [0.15, 0.2) is 30.5 Å². The minimum atomic E-state index is 0.456. The fourth-order valence-corrected chi connectivity index (χ4v) is 2.02. The molecule has 0 saturated heterocycles. The highest BCUT2D eigenvalue weighted by molar-refractivity contribution is 5.50. The zero-order valence-corrected chi connectivity index (χ0v) is 9.22. The molecule has 2 heterocycles. The Hall–Kier alpha value is -1.84. The first-order chi connectivity index (χ1) is 7.83. The number of anilines is 1. The lowest BCUT2D eigenvalue weighted by atomic mass is 10.2. The maximum absolute atomic E-state index is 4.49. The zero-order chi connectivity index (χ0) is 11.0. The molecule has 1 N–H and O–H groups in total. The third kappa shape index (κ3) is 1.56. The molecule has 0 fully saturated rings. The van der Waals surface area contributed by atoms with Crippen LogP contribution in [0.25, 0.3) is 5.65 Å². The van der Waals surface area contributed by atoms with Crippen molar-refractivity contribution in [2.75, 3.05) is 5.32 Å². The number of nitrogens with one attached hydrogen (secondary N) is 1. The molecule has 0 bridgehead atoms. The summed E-state index contributed by atoms with van der Waals surface area (Å²) in [4.78, 5) is 4.49. The molecule has 0 aliphatic heterocycles. The van der Waals surface area contributed by atoms with Gasteiger partial charge in [-0.15, -0.1) is 5.10 Å². The molecule has 2 aromatic heterocycles. The van der Waals surface area contributed by atoms with Crippen molar-refractivity contribution in [2.24, 2.45) is 0 Å². The minimum Gasteiger partial charge on any atom is -0.350 e. The molecule has 3 rings (SSSR count). The Morgan fingerprint density at radius 2 is 2.19 bits per heavy atom. The van der Waals surface area contributed by atoms with E-state index in [9.17, 15) is 0 Å². The first-order valence-electron chi connectivity index (χ1n) is 5.56. The number of hydrogen-bond donors (Lipinski definition) is 1. The smallest absolute Gasteiger partial charge is 0.243 e. The maximum Gasteiger partial charge on any atom is 0.243 e. The van der Waals surface area contributed by atoms with Crippen LogP contribution in [0.4, 0.5) is 5.95 Å². The summed E-state index contributed by atoms with van der Waals surface area (Å²) in [5.74, 6) is 0.725. The first-order valence-corrected chi connectivity index (χ1v) is 5.56. The first kappa shape index (κ1) is 9.39. The van der Waals surface area contributed by atoms with Gasteiger partial charge in [0.2, 0.25) is 5.95 Å². The fraction of sp³-hybridized carbons (Fsp3) is 0.333. The monoisotopic (exact) mass is 214 g/mol. The maximum atomic E-state index is 4.49. The van der Waals surface area contributed by atoms with E-state index in [0.717, 1.165) is 30.0 Å². The van der Waals surface area contributed by atoms with E-state index in [2.05, 4.69) is 27.6 Å². The Morgan fingerprint density at radius 3 is 2.94 bits per heavy atom.